The first-order valence-electron chi connectivity index (χ1n) is 7.26. The van der Waals surface area contributed by atoms with E-state index < -0.39 is 0 Å². The molecule has 0 aliphatic rings. The van der Waals surface area contributed by atoms with Crippen molar-refractivity contribution >= 4 is 0 Å². The molecule has 1 heterocycles. The maximum absolute atomic E-state index is 5.92. The third-order valence-electron chi connectivity index (χ3n) is 3.37. The van der Waals surface area contributed by atoms with Crippen LogP contribution < -0.4 is 10.5 Å². The highest BCUT2D eigenvalue weighted by atomic mass is 16.5. The van der Waals surface area contributed by atoms with Gasteiger partial charge in [0.05, 0.1) is 18.1 Å². The van der Waals surface area contributed by atoms with E-state index >= 15 is 0 Å². The third kappa shape index (κ3) is 3.79. The van der Waals surface area contributed by atoms with Crippen molar-refractivity contribution in [3.8, 4) is 11.6 Å². The van der Waals surface area contributed by atoms with Crippen LogP contribution in [-0.2, 0) is 18.4 Å². The second-order valence-corrected chi connectivity index (χ2v) is 6.09. The predicted molar refractivity (Wildman–Crippen MR) is 84.5 cm³/mol. The maximum Gasteiger partial charge on any atom is 0.237 e. The minimum atomic E-state index is 0.00510. The normalized spacial score (nSPS) is 11.5. The van der Waals surface area contributed by atoms with Gasteiger partial charge in [0.1, 0.15) is 5.75 Å². The van der Waals surface area contributed by atoms with Gasteiger partial charge in [0.2, 0.25) is 5.88 Å². The van der Waals surface area contributed by atoms with Gasteiger partial charge in [-0.1, -0.05) is 39.8 Å². The topological polar surface area (TPSA) is 61.0 Å². The molecular formula is C17H23N3O. The molecule has 0 fully saturated rings. The zero-order valence-corrected chi connectivity index (χ0v) is 13.2. The number of ether oxygens (including phenoxy) is 1. The van der Waals surface area contributed by atoms with Crippen molar-refractivity contribution in [2.45, 2.75) is 46.1 Å². The standard InChI is InChI=1S/C17H23N3O/c1-5-12-6-7-15(14(8-12)17(2,3)4)21-16-11-19-13(9-18)10-20-16/h6-8,10-11H,5,9,18H2,1-4H3. The molecule has 0 saturated heterocycles. The number of aryl methyl sites for hydroxylation is 1. The maximum atomic E-state index is 5.92. The molecule has 0 unspecified atom stereocenters. The van der Waals surface area contributed by atoms with E-state index in [-0.39, 0.29) is 5.41 Å². The van der Waals surface area contributed by atoms with Gasteiger partial charge in [-0.2, -0.15) is 0 Å². The summed E-state index contributed by atoms with van der Waals surface area (Å²) in [5.74, 6) is 1.32. The molecule has 0 radical (unpaired) electrons. The highest BCUT2D eigenvalue weighted by Gasteiger charge is 2.20. The number of hydrogen-bond acceptors (Lipinski definition) is 4. The molecule has 0 aliphatic heterocycles. The average molecular weight is 285 g/mol. The van der Waals surface area contributed by atoms with Gasteiger partial charge in [-0.25, -0.2) is 4.98 Å². The highest BCUT2D eigenvalue weighted by molar-refractivity contribution is 5.43. The fourth-order valence-electron chi connectivity index (χ4n) is 2.09. The van der Waals surface area contributed by atoms with Gasteiger partial charge < -0.3 is 10.5 Å². The number of hydrogen-bond donors (Lipinski definition) is 1. The van der Waals surface area contributed by atoms with Crippen LogP contribution in [0.1, 0.15) is 44.5 Å². The summed E-state index contributed by atoms with van der Waals surface area (Å²) >= 11 is 0. The summed E-state index contributed by atoms with van der Waals surface area (Å²) in [4.78, 5) is 8.45. The monoisotopic (exact) mass is 285 g/mol. The van der Waals surface area contributed by atoms with E-state index in [1.165, 1.54) is 11.1 Å². The van der Waals surface area contributed by atoms with Crippen LogP contribution in [0.25, 0.3) is 0 Å². The van der Waals surface area contributed by atoms with Gasteiger partial charge in [0.15, 0.2) is 0 Å². The Morgan fingerprint density at radius 3 is 2.43 bits per heavy atom. The number of nitrogens with two attached hydrogens (primary N) is 1. The number of benzene rings is 1. The van der Waals surface area contributed by atoms with E-state index in [1.54, 1.807) is 12.4 Å². The first-order chi connectivity index (χ1) is 9.94. The van der Waals surface area contributed by atoms with Crippen LogP contribution in [0.4, 0.5) is 0 Å². The summed E-state index contributed by atoms with van der Waals surface area (Å²) in [7, 11) is 0. The lowest BCUT2D eigenvalue weighted by atomic mass is 9.85. The summed E-state index contributed by atoms with van der Waals surface area (Å²) < 4.78 is 5.92. The Labute approximate surface area is 126 Å². The Kier molecular flexibility index (Phi) is 4.58. The molecule has 4 nitrogen and oxygen atoms in total. The molecule has 0 saturated carbocycles. The van der Waals surface area contributed by atoms with E-state index in [2.05, 4.69) is 49.8 Å². The fourth-order valence-corrected chi connectivity index (χ4v) is 2.09. The first kappa shape index (κ1) is 15.4. The second-order valence-electron chi connectivity index (χ2n) is 6.09. The molecule has 2 N–H and O–H groups in total. The minimum Gasteiger partial charge on any atom is -0.437 e. The number of aromatic nitrogens is 2. The molecule has 0 aliphatic carbocycles. The molecule has 21 heavy (non-hydrogen) atoms. The lowest BCUT2D eigenvalue weighted by molar-refractivity contribution is 0.436. The van der Waals surface area contributed by atoms with Crippen LogP contribution in [0.15, 0.2) is 30.6 Å². The highest BCUT2D eigenvalue weighted by Crippen LogP contribution is 2.34. The molecule has 4 heteroatoms. The summed E-state index contributed by atoms with van der Waals surface area (Å²) in [5, 5.41) is 0. The Bertz CT molecular complexity index is 600. The molecule has 0 spiro atoms. The van der Waals surface area contributed by atoms with Crippen molar-refractivity contribution in [3.05, 3.63) is 47.4 Å². The lowest BCUT2D eigenvalue weighted by Crippen LogP contribution is -2.13. The smallest absolute Gasteiger partial charge is 0.237 e. The van der Waals surface area contributed by atoms with Crippen molar-refractivity contribution < 1.29 is 4.74 Å². The third-order valence-corrected chi connectivity index (χ3v) is 3.37. The predicted octanol–water partition coefficient (Wildman–Crippen LogP) is 3.59. The first-order valence-corrected chi connectivity index (χ1v) is 7.26. The second kappa shape index (κ2) is 6.22. The van der Waals surface area contributed by atoms with Crippen LogP contribution in [0.3, 0.4) is 0 Å². The summed E-state index contributed by atoms with van der Waals surface area (Å²) in [6, 6.07) is 6.31. The molecule has 0 bridgehead atoms. The van der Waals surface area contributed by atoms with Crippen molar-refractivity contribution in [2.75, 3.05) is 0 Å². The molecule has 0 atom stereocenters. The number of rotatable bonds is 4. The molecular weight excluding hydrogens is 262 g/mol. The molecule has 2 rings (SSSR count). The quantitative estimate of drug-likeness (QED) is 0.932. The molecule has 112 valence electrons. The van der Waals surface area contributed by atoms with Crippen LogP contribution in [0.5, 0.6) is 11.6 Å². The summed E-state index contributed by atoms with van der Waals surface area (Å²) in [6.45, 7) is 9.07. The van der Waals surface area contributed by atoms with Gasteiger partial charge in [0, 0.05) is 12.1 Å². The van der Waals surface area contributed by atoms with E-state index in [4.69, 9.17) is 10.5 Å². The largest absolute Gasteiger partial charge is 0.437 e. The van der Waals surface area contributed by atoms with Gasteiger partial charge >= 0.3 is 0 Å². The van der Waals surface area contributed by atoms with Crippen LogP contribution in [-0.4, -0.2) is 9.97 Å². The fraction of sp³-hybridized carbons (Fsp3) is 0.412. The molecule has 2 aromatic rings. The van der Waals surface area contributed by atoms with Crippen molar-refractivity contribution in [1.82, 2.24) is 9.97 Å². The molecule has 0 amide bonds. The Morgan fingerprint density at radius 2 is 1.90 bits per heavy atom. The van der Waals surface area contributed by atoms with Crippen molar-refractivity contribution in [2.24, 2.45) is 5.73 Å². The van der Waals surface area contributed by atoms with Crippen LogP contribution >= 0.6 is 0 Å². The van der Waals surface area contributed by atoms with E-state index in [0.717, 1.165) is 17.9 Å². The Balaban J connectivity index is 2.34. The minimum absolute atomic E-state index is 0.00510. The Morgan fingerprint density at radius 1 is 1.14 bits per heavy atom. The van der Waals surface area contributed by atoms with Gasteiger partial charge in [-0.05, 0) is 23.5 Å². The van der Waals surface area contributed by atoms with Crippen molar-refractivity contribution in [1.29, 1.82) is 0 Å². The molecule has 1 aromatic carbocycles. The number of nitrogens with zero attached hydrogens (tertiary/aromatic N) is 2. The Hall–Kier alpha value is -1.94. The van der Waals surface area contributed by atoms with E-state index in [0.29, 0.717) is 12.4 Å². The average Bonchev–Trinajstić information content (AvgIpc) is 2.47. The van der Waals surface area contributed by atoms with Gasteiger partial charge in [0.25, 0.3) is 0 Å². The zero-order chi connectivity index (χ0) is 15.5. The van der Waals surface area contributed by atoms with E-state index in [9.17, 15) is 0 Å². The van der Waals surface area contributed by atoms with Crippen molar-refractivity contribution in [3.63, 3.8) is 0 Å². The zero-order valence-electron chi connectivity index (χ0n) is 13.2. The van der Waals surface area contributed by atoms with Gasteiger partial charge in [-0.3, -0.25) is 4.98 Å². The molecule has 1 aromatic heterocycles. The summed E-state index contributed by atoms with van der Waals surface area (Å²) in [5.41, 5.74) is 8.75. The van der Waals surface area contributed by atoms with Gasteiger partial charge in [-0.15, -0.1) is 0 Å². The SMILES string of the molecule is CCc1ccc(Oc2cnc(CN)cn2)c(C(C)(C)C)c1. The van der Waals surface area contributed by atoms with E-state index in [1.807, 2.05) is 6.07 Å². The van der Waals surface area contributed by atoms with Crippen LogP contribution in [0, 0.1) is 0 Å². The summed E-state index contributed by atoms with van der Waals surface area (Å²) in [6.07, 6.45) is 4.27. The lowest BCUT2D eigenvalue weighted by Gasteiger charge is -2.23. The van der Waals surface area contributed by atoms with Crippen LogP contribution in [0.2, 0.25) is 0 Å².